The maximum absolute atomic E-state index is 5.59. The number of rotatable bonds is 6. The summed E-state index contributed by atoms with van der Waals surface area (Å²) in [4.78, 5) is 0. The standard InChI is InChI=1S/C9H18O2.C7H14O2/c1-3-5-6-8-7-10-9(4-2)11-8;1-3-6-5-8-7(4-2)9-6/h8-9H,3-7H2,1-2H3;6-7H,3-5H2,1-2H3. The fourth-order valence-corrected chi connectivity index (χ4v) is 2.24. The Morgan fingerprint density at radius 3 is 1.70 bits per heavy atom. The van der Waals surface area contributed by atoms with Crippen molar-refractivity contribution in [3.05, 3.63) is 0 Å². The Bertz CT molecular complexity index is 225. The van der Waals surface area contributed by atoms with Crippen molar-refractivity contribution in [3.8, 4) is 0 Å². The van der Waals surface area contributed by atoms with Gasteiger partial charge in [0.1, 0.15) is 0 Å². The van der Waals surface area contributed by atoms with E-state index in [9.17, 15) is 0 Å². The summed E-state index contributed by atoms with van der Waals surface area (Å²) in [5.41, 5.74) is 0. The summed E-state index contributed by atoms with van der Waals surface area (Å²) in [6.45, 7) is 10.1. The number of ether oxygens (including phenoxy) is 4. The summed E-state index contributed by atoms with van der Waals surface area (Å²) in [6.07, 6.45) is 7.56. The Morgan fingerprint density at radius 1 is 0.750 bits per heavy atom. The molecule has 2 rings (SSSR count). The highest BCUT2D eigenvalue weighted by Crippen LogP contribution is 2.18. The molecular formula is C16H32O4. The molecule has 20 heavy (non-hydrogen) atoms. The van der Waals surface area contributed by atoms with Crippen LogP contribution in [0.3, 0.4) is 0 Å². The van der Waals surface area contributed by atoms with Crippen LogP contribution in [0.1, 0.15) is 66.2 Å². The maximum Gasteiger partial charge on any atom is 0.157 e. The predicted molar refractivity (Wildman–Crippen MR) is 79.6 cm³/mol. The van der Waals surface area contributed by atoms with Crippen LogP contribution in [0.15, 0.2) is 0 Å². The normalized spacial score (nSPS) is 33.0. The monoisotopic (exact) mass is 288 g/mol. The minimum absolute atomic E-state index is 0.0787. The third-order valence-corrected chi connectivity index (χ3v) is 3.63. The Balaban J connectivity index is 0.000000204. The van der Waals surface area contributed by atoms with Crippen molar-refractivity contribution in [2.45, 2.75) is 91.0 Å². The Labute approximate surface area is 124 Å². The van der Waals surface area contributed by atoms with Crippen LogP contribution >= 0.6 is 0 Å². The largest absolute Gasteiger partial charge is 0.350 e. The number of hydrogen-bond acceptors (Lipinski definition) is 4. The molecular weight excluding hydrogens is 256 g/mol. The first-order valence-electron chi connectivity index (χ1n) is 8.27. The highest BCUT2D eigenvalue weighted by atomic mass is 16.7. The minimum atomic E-state index is 0.0787. The van der Waals surface area contributed by atoms with E-state index >= 15 is 0 Å². The Kier molecular flexibility index (Phi) is 9.44. The molecule has 2 aliphatic rings. The number of unbranched alkanes of at least 4 members (excludes halogenated alkanes) is 1. The first-order chi connectivity index (χ1) is 9.73. The second-order valence-corrected chi connectivity index (χ2v) is 5.41. The van der Waals surface area contributed by atoms with Crippen molar-refractivity contribution in [2.24, 2.45) is 0 Å². The molecule has 4 heteroatoms. The molecule has 0 aromatic carbocycles. The SMILES string of the molecule is CCC1COC(CC)O1.CCCCC1COC(CC)O1. The van der Waals surface area contributed by atoms with E-state index in [1.54, 1.807) is 0 Å². The van der Waals surface area contributed by atoms with Crippen LogP contribution in [-0.2, 0) is 18.9 Å². The molecule has 0 spiro atoms. The first-order valence-corrected chi connectivity index (χ1v) is 8.27. The summed E-state index contributed by atoms with van der Waals surface area (Å²) < 4.78 is 21.7. The zero-order valence-electron chi connectivity index (χ0n) is 13.6. The third kappa shape index (κ3) is 6.53. The van der Waals surface area contributed by atoms with Crippen LogP contribution in [0, 0.1) is 0 Å². The van der Waals surface area contributed by atoms with Gasteiger partial charge in [0.15, 0.2) is 12.6 Å². The fraction of sp³-hybridized carbons (Fsp3) is 1.00. The molecule has 0 aromatic heterocycles. The molecule has 2 saturated heterocycles. The van der Waals surface area contributed by atoms with E-state index in [1.807, 2.05) is 0 Å². The summed E-state index contributed by atoms with van der Waals surface area (Å²) in [5, 5.41) is 0. The van der Waals surface area contributed by atoms with Crippen molar-refractivity contribution >= 4 is 0 Å². The van der Waals surface area contributed by atoms with Crippen LogP contribution in [0.5, 0.6) is 0 Å². The van der Waals surface area contributed by atoms with Crippen molar-refractivity contribution in [1.29, 1.82) is 0 Å². The van der Waals surface area contributed by atoms with Gasteiger partial charge in [0.2, 0.25) is 0 Å². The molecule has 4 unspecified atom stereocenters. The quantitative estimate of drug-likeness (QED) is 0.743. The van der Waals surface area contributed by atoms with Gasteiger partial charge in [0.05, 0.1) is 25.4 Å². The van der Waals surface area contributed by atoms with Crippen molar-refractivity contribution in [2.75, 3.05) is 13.2 Å². The van der Waals surface area contributed by atoms with Gasteiger partial charge in [0.25, 0.3) is 0 Å². The third-order valence-electron chi connectivity index (χ3n) is 3.63. The van der Waals surface area contributed by atoms with Gasteiger partial charge in [-0.2, -0.15) is 0 Å². The lowest BCUT2D eigenvalue weighted by Gasteiger charge is -2.08. The molecule has 0 aromatic rings. The molecule has 2 aliphatic heterocycles. The molecule has 2 heterocycles. The smallest absolute Gasteiger partial charge is 0.157 e. The summed E-state index contributed by atoms with van der Waals surface area (Å²) >= 11 is 0. The zero-order valence-corrected chi connectivity index (χ0v) is 13.6. The maximum atomic E-state index is 5.59. The van der Waals surface area contributed by atoms with Gasteiger partial charge < -0.3 is 18.9 Å². The van der Waals surface area contributed by atoms with Crippen LogP contribution < -0.4 is 0 Å². The molecule has 0 saturated carbocycles. The average molecular weight is 288 g/mol. The van der Waals surface area contributed by atoms with Gasteiger partial charge in [-0.15, -0.1) is 0 Å². The second-order valence-electron chi connectivity index (χ2n) is 5.41. The molecule has 0 radical (unpaired) electrons. The Morgan fingerprint density at radius 2 is 1.30 bits per heavy atom. The van der Waals surface area contributed by atoms with Gasteiger partial charge in [-0.1, -0.05) is 40.5 Å². The van der Waals surface area contributed by atoms with E-state index in [2.05, 4.69) is 27.7 Å². The van der Waals surface area contributed by atoms with Gasteiger partial charge >= 0.3 is 0 Å². The molecule has 0 N–H and O–H groups in total. The van der Waals surface area contributed by atoms with E-state index in [0.717, 1.165) is 38.9 Å². The molecule has 0 aliphatic carbocycles. The molecule has 2 fully saturated rings. The fourth-order valence-electron chi connectivity index (χ4n) is 2.24. The lowest BCUT2D eigenvalue weighted by atomic mass is 10.2. The van der Waals surface area contributed by atoms with Crippen LogP contribution in [0.25, 0.3) is 0 Å². The van der Waals surface area contributed by atoms with Crippen LogP contribution in [0.2, 0.25) is 0 Å². The Hall–Kier alpha value is -0.160. The van der Waals surface area contributed by atoms with Gasteiger partial charge in [0, 0.05) is 0 Å². The molecule has 4 atom stereocenters. The van der Waals surface area contributed by atoms with E-state index in [-0.39, 0.29) is 12.6 Å². The van der Waals surface area contributed by atoms with E-state index < -0.39 is 0 Å². The average Bonchev–Trinajstić information content (AvgIpc) is 3.14. The minimum Gasteiger partial charge on any atom is -0.350 e. The lowest BCUT2D eigenvalue weighted by Crippen LogP contribution is -2.11. The lowest BCUT2D eigenvalue weighted by molar-refractivity contribution is -0.0598. The molecule has 4 nitrogen and oxygen atoms in total. The van der Waals surface area contributed by atoms with E-state index in [1.165, 1.54) is 12.8 Å². The first kappa shape index (κ1) is 17.9. The molecule has 120 valence electrons. The highest BCUT2D eigenvalue weighted by Gasteiger charge is 2.23. The second kappa shape index (κ2) is 10.6. The molecule has 0 amide bonds. The van der Waals surface area contributed by atoms with Gasteiger partial charge in [-0.3, -0.25) is 0 Å². The van der Waals surface area contributed by atoms with Crippen molar-refractivity contribution in [3.63, 3.8) is 0 Å². The predicted octanol–water partition coefficient (Wildman–Crippen LogP) is 3.88. The van der Waals surface area contributed by atoms with E-state index in [4.69, 9.17) is 18.9 Å². The topological polar surface area (TPSA) is 36.9 Å². The van der Waals surface area contributed by atoms with E-state index in [0.29, 0.717) is 12.2 Å². The van der Waals surface area contributed by atoms with Crippen molar-refractivity contribution < 1.29 is 18.9 Å². The molecule has 0 bridgehead atoms. The van der Waals surface area contributed by atoms with Crippen LogP contribution in [0.4, 0.5) is 0 Å². The van der Waals surface area contributed by atoms with Gasteiger partial charge in [-0.25, -0.2) is 0 Å². The summed E-state index contributed by atoms with van der Waals surface area (Å²) in [7, 11) is 0. The van der Waals surface area contributed by atoms with Crippen molar-refractivity contribution in [1.82, 2.24) is 0 Å². The van der Waals surface area contributed by atoms with Crippen LogP contribution in [-0.4, -0.2) is 38.0 Å². The number of hydrogen-bond donors (Lipinski definition) is 0. The summed E-state index contributed by atoms with van der Waals surface area (Å²) in [6, 6.07) is 0. The van der Waals surface area contributed by atoms with Gasteiger partial charge in [-0.05, 0) is 25.7 Å². The summed E-state index contributed by atoms with van der Waals surface area (Å²) in [5.74, 6) is 0. The highest BCUT2D eigenvalue weighted by molar-refractivity contribution is 4.64. The zero-order chi connectivity index (χ0) is 14.8.